The molecular formula is C19H23ClN4O4S. The van der Waals surface area contributed by atoms with Crippen molar-refractivity contribution >= 4 is 33.4 Å². The Hall–Kier alpha value is -2.36. The van der Waals surface area contributed by atoms with Gasteiger partial charge in [-0.1, -0.05) is 29.8 Å². The zero-order chi connectivity index (χ0) is 21.2. The molecule has 8 nitrogen and oxygen atoms in total. The molecule has 0 spiro atoms. The van der Waals surface area contributed by atoms with Crippen molar-refractivity contribution in [3.8, 4) is 0 Å². The molecule has 2 heterocycles. The standard InChI is InChI=1S/C19H23ClN4O4S/c1-23-12-15(10-17(23)18(21)25)29(27,28)24-8-6-13(7-9-24)19(26)22-11-14-4-2-3-5-16(14)20/h2-5,10,12-13H,6-9,11H2,1H3,(H2,21,25)(H,22,26). The van der Waals surface area contributed by atoms with Gasteiger partial charge in [0.25, 0.3) is 5.91 Å². The summed E-state index contributed by atoms with van der Waals surface area (Å²) in [5.74, 6) is -1.07. The molecule has 29 heavy (non-hydrogen) atoms. The molecule has 0 saturated carbocycles. The second-order valence-corrected chi connectivity index (χ2v) is 9.37. The van der Waals surface area contributed by atoms with E-state index in [1.165, 1.54) is 21.1 Å². The number of rotatable bonds is 6. The van der Waals surface area contributed by atoms with Crippen molar-refractivity contribution in [3.63, 3.8) is 0 Å². The normalized spacial score (nSPS) is 15.9. The number of benzene rings is 1. The van der Waals surface area contributed by atoms with Gasteiger partial charge in [-0.15, -0.1) is 0 Å². The first-order valence-electron chi connectivity index (χ1n) is 9.17. The fraction of sp³-hybridized carbons (Fsp3) is 0.368. The minimum atomic E-state index is -3.75. The van der Waals surface area contributed by atoms with Crippen LogP contribution in [0.2, 0.25) is 5.02 Å². The minimum absolute atomic E-state index is 0.0235. The van der Waals surface area contributed by atoms with E-state index in [0.29, 0.717) is 24.4 Å². The molecule has 156 valence electrons. The molecule has 0 aliphatic carbocycles. The lowest BCUT2D eigenvalue weighted by atomic mass is 9.97. The van der Waals surface area contributed by atoms with Crippen LogP contribution in [0.25, 0.3) is 0 Å². The summed E-state index contributed by atoms with van der Waals surface area (Å²) in [5, 5.41) is 3.46. The van der Waals surface area contributed by atoms with E-state index in [4.69, 9.17) is 17.3 Å². The topological polar surface area (TPSA) is 114 Å². The number of amides is 2. The van der Waals surface area contributed by atoms with Crippen LogP contribution in [0.15, 0.2) is 41.4 Å². The molecule has 1 fully saturated rings. The maximum Gasteiger partial charge on any atom is 0.265 e. The number of aromatic nitrogens is 1. The van der Waals surface area contributed by atoms with Crippen LogP contribution in [-0.2, 0) is 28.4 Å². The lowest BCUT2D eigenvalue weighted by Crippen LogP contribution is -2.42. The molecule has 1 aliphatic heterocycles. The number of nitrogens with two attached hydrogens (primary N) is 1. The zero-order valence-corrected chi connectivity index (χ0v) is 17.5. The van der Waals surface area contributed by atoms with Gasteiger partial charge in [0.1, 0.15) is 10.6 Å². The summed E-state index contributed by atoms with van der Waals surface area (Å²) in [6, 6.07) is 8.56. The van der Waals surface area contributed by atoms with Gasteiger partial charge in [0.2, 0.25) is 15.9 Å². The van der Waals surface area contributed by atoms with E-state index in [2.05, 4.69) is 5.32 Å². The summed E-state index contributed by atoms with van der Waals surface area (Å²) < 4.78 is 28.4. The van der Waals surface area contributed by atoms with Gasteiger partial charge < -0.3 is 15.6 Å². The van der Waals surface area contributed by atoms with Crippen LogP contribution < -0.4 is 11.1 Å². The van der Waals surface area contributed by atoms with Crippen molar-refractivity contribution < 1.29 is 18.0 Å². The predicted molar refractivity (Wildman–Crippen MR) is 109 cm³/mol. The number of nitrogens with zero attached hydrogens (tertiary/aromatic N) is 2. The highest BCUT2D eigenvalue weighted by Gasteiger charge is 2.33. The largest absolute Gasteiger partial charge is 0.364 e. The maximum atomic E-state index is 12.8. The third-order valence-electron chi connectivity index (χ3n) is 5.11. The van der Waals surface area contributed by atoms with Gasteiger partial charge >= 0.3 is 0 Å². The van der Waals surface area contributed by atoms with Crippen LogP contribution in [0.3, 0.4) is 0 Å². The molecule has 0 radical (unpaired) electrons. The average molecular weight is 439 g/mol. The smallest absolute Gasteiger partial charge is 0.265 e. The van der Waals surface area contributed by atoms with Gasteiger partial charge in [-0.2, -0.15) is 4.31 Å². The monoisotopic (exact) mass is 438 g/mol. The summed E-state index contributed by atoms with van der Waals surface area (Å²) in [5.41, 5.74) is 6.21. The highest BCUT2D eigenvalue weighted by atomic mass is 35.5. The second kappa shape index (κ2) is 8.56. The number of carbonyl (C=O) groups excluding carboxylic acids is 2. The van der Waals surface area contributed by atoms with Gasteiger partial charge in [0.05, 0.1) is 0 Å². The number of hydrogen-bond donors (Lipinski definition) is 2. The van der Waals surface area contributed by atoms with Crippen LogP contribution in [0.5, 0.6) is 0 Å². The maximum absolute atomic E-state index is 12.8. The van der Waals surface area contributed by atoms with Gasteiger partial charge in [-0.25, -0.2) is 8.42 Å². The molecule has 0 unspecified atom stereocenters. The molecule has 0 bridgehead atoms. The summed E-state index contributed by atoms with van der Waals surface area (Å²) in [7, 11) is -2.19. The van der Waals surface area contributed by atoms with E-state index in [0.717, 1.165) is 5.56 Å². The Balaban J connectivity index is 1.59. The number of hydrogen-bond acceptors (Lipinski definition) is 4. The summed E-state index contributed by atoms with van der Waals surface area (Å²) in [6.45, 7) is 0.789. The molecule has 10 heteroatoms. The fourth-order valence-electron chi connectivity index (χ4n) is 3.40. The fourth-order valence-corrected chi connectivity index (χ4v) is 5.14. The molecule has 3 rings (SSSR count). The molecule has 1 aliphatic rings. The lowest BCUT2D eigenvalue weighted by Gasteiger charge is -2.30. The van der Waals surface area contributed by atoms with Gasteiger partial charge in [-0.3, -0.25) is 9.59 Å². The van der Waals surface area contributed by atoms with Crippen molar-refractivity contribution in [1.29, 1.82) is 0 Å². The third kappa shape index (κ3) is 4.63. The van der Waals surface area contributed by atoms with Crippen LogP contribution in [-0.4, -0.2) is 42.2 Å². The summed E-state index contributed by atoms with van der Waals surface area (Å²) >= 11 is 6.10. The van der Waals surface area contributed by atoms with E-state index in [-0.39, 0.29) is 35.5 Å². The highest BCUT2D eigenvalue weighted by Crippen LogP contribution is 2.25. The Bertz CT molecular complexity index is 1030. The number of carbonyl (C=O) groups is 2. The zero-order valence-electron chi connectivity index (χ0n) is 16.0. The molecule has 2 aromatic rings. The Morgan fingerprint density at radius 3 is 2.48 bits per heavy atom. The van der Waals surface area contributed by atoms with Crippen molar-refractivity contribution in [2.75, 3.05) is 13.1 Å². The summed E-state index contributed by atoms with van der Waals surface area (Å²) in [4.78, 5) is 23.9. The van der Waals surface area contributed by atoms with Gasteiger partial charge in [-0.05, 0) is 30.5 Å². The van der Waals surface area contributed by atoms with Crippen LogP contribution >= 0.6 is 11.6 Å². The van der Waals surface area contributed by atoms with Crippen LogP contribution in [0.4, 0.5) is 0 Å². The predicted octanol–water partition coefficient (Wildman–Crippen LogP) is 1.49. The van der Waals surface area contributed by atoms with E-state index in [9.17, 15) is 18.0 Å². The minimum Gasteiger partial charge on any atom is -0.364 e. The van der Waals surface area contributed by atoms with Crippen LogP contribution in [0, 0.1) is 5.92 Å². The van der Waals surface area contributed by atoms with E-state index in [1.54, 1.807) is 13.1 Å². The molecule has 0 atom stereocenters. The van der Waals surface area contributed by atoms with Gasteiger partial charge in [0.15, 0.2) is 0 Å². The molecule has 2 amide bonds. The van der Waals surface area contributed by atoms with Gasteiger partial charge in [0, 0.05) is 43.8 Å². The highest BCUT2D eigenvalue weighted by molar-refractivity contribution is 7.89. The number of sulfonamides is 1. The Labute approximate surface area is 174 Å². The van der Waals surface area contributed by atoms with E-state index in [1.807, 2.05) is 18.2 Å². The Morgan fingerprint density at radius 2 is 1.90 bits per heavy atom. The van der Waals surface area contributed by atoms with Crippen molar-refractivity contribution in [2.45, 2.75) is 24.3 Å². The van der Waals surface area contributed by atoms with Crippen LogP contribution in [0.1, 0.15) is 28.9 Å². The first-order chi connectivity index (χ1) is 13.7. The number of halogens is 1. The molecular weight excluding hydrogens is 416 g/mol. The first kappa shape index (κ1) is 21.4. The number of primary amides is 1. The molecule has 1 saturated heterocycles. The Kier molecular flexibility index (Phi) is 6.30. The number of aryl methyl sites for hydroxylation is 1. The quantitative estimate of drug-likeness (QED) is 0.711. The summed E-state index contributed by atoms with van der Waals surface area (Å²) in [6.07, 6.45) is 2.21. The van der Waals surface area contributed by atoms with E-state index < -0.39 is 15.9 Å². The first-order valence-corrected chi connectivity index (χ1v) is 11.0. The SMILES string of the molecule is Cn1cc(S(=O)(=O)N2CCC(C(=O)NCc3ccccc3Cl)CC2)cc1C(N)=O. The average Bonchev–Trinajstić information content (AvgIpc) is 3.10. The third-order valence-corrected chi connectivity index (χ3v) is 7.34. The van der Waals surface area contributed by atoms with Crippen molar-refractivity contribution in [1.82, 2.24) is 14.2 Å². The van der Waals surface area contributed by atoms with Crippen molar-refractivity contribution in [3.05, 3.63) is 52.8 Å². The molecule has 3 N–H and O–H groups in total. The number of piperidine rings is 1. The van der Waals surface area contributed by atoms with Crippen molar-refractivity contribution in [2.24, 2.45) is 18.7 Å². The molecule has 1 aromatic heterocycles. The molecule has 1 aromatic carbocycles. The number of nitrogens with one attached hydrogen (secondary N) is 1. The second-order valence-electron chi connectivity index (χ2n) is 7.02. The van der Waals surface area contributed by atoms with E-state index >= 15 is 0 Å². The lowest BCUT2D eigenvalue weighted by molar-refractivity contribution is -0.126. The Morgan fingerprint density at radius 1 is 1.24 bits per heavy atom.